The van der Waals surface area contributed by atoms with E-state index < -0.39 is 0 Å². The van der Waals surface area contributed by atoms with E-state index in [0.29, 0.717) is 34.6 Å². The van der Waals surface area contributed by atoms with E-state index in [0.717, 1.165) is 27.1 Å². The van der Waals surface area contributed by atoms with Gasteiger partial charge in [0.05, 0.1) is 24.9 Å². The lowest BCUT2D eigenvalue weighted by atomic mass is 9.94. The number of allylic oxidation sites excluding steroid dienone is 1. The molecule has 164 valence electrons. The number of nitrogens with one attached hydrogen (secondary N) is 1. The zero-order chi connectivity index (χ0) is 23.0. The first-order chi connectivity index (χ1) is 15.5. The number of aliphatic hydroxyl groups excluding tert-OH is 1. The summed E-state index contributed by atoms with van der Waals surface area (Å²) < 4.78 is 7.28. The topological polar surface area (TPSA) is 87.6 Å². The minimum atomic E-state index is -0.372. The van der Waals surface area contributed by atoms with Crippen LogP contribution in [-0.4, -0.2) is 52.1 Å². The van der Waals surface area contributed by atoms with E-state index in [9.17, 15) is 14.7 Å². The summed E-state index contributed by atoms with van der Waals surface area (Å²) in [5.41, 5.74) is 4.33. The summed E-state index contributed by atoms with van der Waals surface area (Å²) in [5, 5.41) is 10.3. The number of nitrogens with zero attached hydrogens (tertiary/aromatic N) is 2. The van der Waals surface area contributed by atoms with Crippen molar-refractivity contribution in [2.45, 2.75) is 13.5 Å². The van der Waals surface area contributed by atoms with E-state index in [2.05, 4.69) is 11.6 Å². The molecule has 7 heteroatoms. The molecule has 0 saturated carbocycles. The molecule has 3 aromatic rings. The molecule has 1 aliphatic heterocycles. The molecule has 2 amide bonds. The van der Waals surface area contributed by atoms with E-state index in [4.69, 9.17) is 4.74 Å². The van der Waals surface area contributed by atoms with Crippen LogP contribution >= 0.6 is 0 Å². The molecule has 0 atom stereocenters. The number of aromatic amines is 1. The second-order valence-electron chi connectivity index (χ2n) is 7.50. The number of benzene rings is 1. The summed E-state index contributed by atoms with van der Waals surface area (Å²) in [5.74, 6) is -0.0991. The van der Waals surface area contributed by atoms with Crippen molar-refractivity contribution in [3.63, 3.8) is 0 Å². The number of aromatic nitrogens is 2. The number of amides is 2. The van der Waals surface area contributed by atoms with Crippen LogP contribution in [0.5, 0.6) is 5.75 Å². The maximum atomic E-state index is 13.3. The smallest absolute Gasteiger partial charge is 0.261 e. The van der Waals surface area contributed by atoms with Gasteiger partial charge in [0.1, 0.15) is 5.75 Å². The van der Waals surface area contributed by atoms with E-state index in [1.807, 2.05) is 48.0 Å². The Hall–Kier alpha value is -3.84. The van der Waals surface area contributed by atoms with Crippen molar-refractivity contribution in [3.05, 3.63) is 65.6 Å². The molecule has 32 heavy (non-hydrogen) atoms. The van der Waals surface area contributed by atoms with E-state index >= 15 is 0 Å². The molecule has 2 N–H and O–H groups in total. The molecule has 0 saturated heterocycles. The van der Waals surface area contributed by atoms with Crippen molar-refractivity contribution in [3.8, 4) is 5.75 Å². The standard InChI is InChI=1S/C25H25N3O4/c1-5-7-16-18(13-26-20(16)6-2)22-23(25(31)27(3)24(22)30)19-14-28(10-11-29)21-9-8-15(32-4)12-17(19)21/h5-9,12-14,26,29H,2,10-11H2,1,3-4H3/b7-5-. The van der Waals surface area contributed by atoms with Gasteiger partial charge in [-0.1, -0.05) is 18.7 Å². The highest BCUT2D eigenvalue weighted by atomic mass is 16.5. The second-order valence-corrected chi connectivity index (χ2v) is 7.50. The minimum absolute atomic E-state index is 0.0557. The van der Waals surface area contributed by atoms with E-state index in [1.54, 1.807) is 19.4 Å². The first kappa shape index (κ1) is 21.4. The van der Waals surface area contributed by atoms with Crippen LogP contribution in [0.15, 0.2) is 43.2 Å². The number of hydrogen-bond donors (Lipinski definition) is 2. The molecule has 0 aliphatic carbocycles. The molecule has 0 fully saturated rings. The molecule has 1 aliphatic rings. The third-order valence-electron chi connectivity index (χ3n) is 5.74. The van der Waals surface area contributed by atoms with E-state index in [-0.39, 0.29) is 18.4 Å². The number of fused-ring (bicyclic) bond motifs is 1. The van der Waals surface area contributed by atoms with Gasteiger partial charge in [-0.3, -0.25) is 14.5 Å². The van der Waals surface area contributed by atoms with Gasteiger partial charge in [0.2, 0.25) is 0 Å². The normalized spacial score (nSPS) is 14.4. The van der Waals surface area contributed by atoms with Crippen molar-refractivity contribution in [1.29, 1.82) is 0 Å². The SMILES string of the molecule is C=Cc1[nH]cc(C2=C(c3cn(CCO)c4ccc(OC)cc34)C(=O)N(C)C2=O)c1/C=C\C. The minimum Gasteiger partial charge on any atom is -0.497 e. The number of imide groups is 1. The summed E-state index contributed by atoms with van der Waals surface area (Å²) in [6, 6.07) is 5.56. The van der Waals surface area contributed by atoms with Crippen molar-refractivity contribution >= 4 is 46.0 Å². The van der Waals surface area contributed by atoms with Crippen LogP contribution in [0.4, 0.5) is 0 Å². The third-order valence-corrected chi connectivity index (χ3v) is 5.74. The highest BCUT2D eigenvalue weighted by molar-refractivity contribution is 6.50. The van der Waals surface area contributed by atoms with Gasteiger partial charge >= 0.3 is 0 Å². The number of likely N-dealkylation sites (N-methyl/N-ethyl adjacent to an activating group) is 1. The van der Waals surface area contributed by atoms with Crippen molar-refractivity contribution in [2.24, 2.45) is 0 Å². The van der Waals surface area contributed by atoms with Crippen LogP contribution < -0.4 is 4.74 Å². The fourth-order valence-electron chi connectivity index (χ4n) is 4.21. The van der Waals surface area contributed by atoms with Gasteiger partial charge in [-0.25, -0.2) is 0 Å². The molecule has 0 unspecified atom stereocenters. The molecule has 3 heterocycles. The van der Waals surface area contributed by atoms with Crippen LogP contribution in [0.2, 0.25) is 0 Å². The highest BCUT2D eigenvalue weighted by Gasteiger charge is 2.39. The summed E-state index contributed by atoms with van der Waals surface area (Å²) in [6.45, 7) is 6.03. The summed E-state index contributed by atoms with van der Waals surface area (Å²) >= 11 is 0. The Labute approximate surface area is 185 Å². The quantitative estimate of drug-likeness (QED) is 0.560. The van der Waals surface area contributed by atoms with Crippen LogP contribution in [0.25, 0.3) is 34.2 Å². The molecule has 2 aromatic heterocycles. The monoisotopic (exact) mass is 431 g/mol. The Morgan fingerprint density at radius 2 is 1.91 bits per heavy atom. The van der Waals surface area contributed by atoms with Crippen LogP contribution in [0.3, 0.4) is 0 Å². The fraction of sp³-hybridized carbons (Fsp3) is 0.200. The summed E-state index contributed by atoms with van der Waals surface area (Å²) in [6.07, 6.45) is 9.00. The molecule has 4 rings (SSSR count). The van der Waals surface area contributed by atoms with Gasteiger partial charge in [0.15, 0.2) is 0 Å². The van der Waals surface area contributed by atoms with Gasteiger partial charge in [0.25, 0.3) is 11.8 Å². The fourth-order valence-corrected chi connectivity index (χ4v) is 4.21. The van der Waals surface area contributed by atoms with Crippen LogP contribution in [0, 0.1) is 0 Å². The highest BCUT2D eigenvalue weighted by Crippen LogP contribution is 2.41. The lowest BCUT2D eigenvalue weighted by Gasteiger charge is -2.06. The zero-order valence-corrected chi connectivity index (χ0v) is 18.3. The van der Waals surface area contributed by atoms with E-state index in [1.165, 1.54) is 7.05 Å². The lowest BCUT2D eigenvalue weighted by molar-refractivity contribution is -0.134. The van der Waals surface area contributed by atoms with Crippen LogP contribution in [-0.2, 0) is 16.1 Å². The average molecular weight is 431 g/mol. The molecule has 0 bridgehead atoms. The maximum absolute atomic E-state index is 13.3. The van der Waals surface area contributed by atoms with Crippen molar-refractivity contribution < 1.29 is 19.4 Å². The summed E-state index contributed by atoms with van der Waals surface area (Å²) in [7, 11) is 3.07. The average Bonchev–Trinajstić information content (AvgIpc) is 3.43. The van der Waals surface area contributed by atoms with Crippen molar-refractivity contribution in [2.75, 3.05) is 20.8 Å². The number of carbonyl (C=O) groups excluding carboxylic acids is 2. The Morgan fingerprint density at radius 3 is 2.53 bits per heavy atom. The number of H-pyrrole nitrogens is 1. The molecular weight excluding hydrogens is 406 g/mol. The zero-order valence-electron chi connectivity index (χ0n) is 18.3. The van der Waals surface area contributed by atoms with Gasteiger partial charge < -0.3 is 19.4 Å². The Kier molecular flexibility index (Phi) is 5.59. The Bertz CT molecular complexity index is 1310. The predicted molar refractivity (Wildman–Crippen MR) is 126 cm³/mol. The number of ether oxygens (including phenoxy) is 1. The number of hydrogen-bond acceptors (Lipinski definition) is 4. The number of rotatable bonds is 7. The van der Waals surface area contributed by atoms with Gasteiger partial charge in [-0.05, 0) is 31.2 Å². The number of methoxy groups -OCH3 is 1. The Morgan fingerprint density at radius 1 is 1.19 bits per heavy atom. The molecule has 0 radical (unpaired) electrons. The largest absolute Gasteiger partial charge is 0.497 e. The summed E-state index contributed by atoms with van der Waals surface area (Å²) in [4.78, 5) is 30.9. The maximum Gasteiger partial charge on any atom is 0.261 e. The molecule has 0 spiro atoms. The lowest BCUT2D eigenvalue weighted by Crippen LogP contribution is -2.26. The molecule has 7 nitrogen and oxygen atoms in total. The molecule has 1 aromatic carbocycles. The third kappa shape index (κ3) is 3.18. The Balaban J connectivity index is 2.08. The predicted octanol–water partition coefficient (Wildman–Crippen LogP) is 3.56. The second kappa shape index (κ2) is 8.36. The van der Waals surface area contributed by atoms with Gasteiger partial charge in [0, 0.05) is 59.3 Å². The van der Waals surface area contributed by atoms with Crippen molar-refractivity contribution in [1.82, 2.24) is 14.5 Å². The molecular formula is C25H25N3O4. The first-order valence-electron chi connectivity index (χ1n) is 10.3. The number of aliphatic hydroxyl groups is 1. The number of carbonyl (C=O) groups is 2. The van der Waals surface area contributed by atoms with Gasteiger partial charge in [-0.2, -0.15) is 0 Å². The van der Waals surface area contributed by atoms with Gasteiger partial charge in [-0.15, -0.1) is 0 Å². The first-order valence-corrected chi connectivity index (χ1v) is 10.3. The van der Waals surface area contributed by atoms with Crippen LogP contribution in [0.1, 0.15) is 29.3 Å².